The summed E-state index contributed by atoms with van der Waals surface area (Å²) >= 11 is 0. The second-order valence-electron chi connectivity index (χ2n) is 8.58. The first kappa shape index (κ1) is 21.8. The molecule has 3 aromatic rings. The van der Waals surface area contributed by atoms with Crippen LogP contribution in [-0.4, -0.2) is 45.0 Å². The molecule has 1 fully saturated rings. The molecule has 2 heterocycles. The Morgan fingerprint density at radius 2 is 2.03 bits per heavy atom. The number of H-pyrrole nitrogens is 1. The van der Waals surface area contributed by atoms with E-state index in [1.54, 1.807) is 43.3 Å². The number of aromatic nitrogens is 2. The summed E-state index contributed by atoms with van der Waals surface area (Å²) in [6, 6.07) is 14.2. The Morgan fingerprint density at radius 3 is 2.78 bits per heavy atom. The van der Waals surface area contributed by atoms with Crippen LogP contribution in [0.15, 0.2) is 53.3 Å². The highest BCUT2D eigenvalue weighted by Gasteiger charge is 2.26. The van der Waals surface area contributed by atoms with Crippen molar-refractivity contribution in [2.45, 2.75) is 32.7 Å². The zero-order chi connectivity index (χ0) is 22.8. The fourth-order valence-electron chi connectivity index (χ4n) is 4.20. The number of carbonyl (C=O) groups excluding carboxylic acids is 1. The van der Waals surface area contributed by atoms with Crippen LogP contribution in [0.3, 0.4) is 0 Å². The SMILES string of the molecule is Cc1cc(-c2cc(-c3cccc(C(=O)N4CCCC(C(C)N)C4)c3)nc(=O)[nH]2)ccc1O. The summed E-state index contributed by atoms with van der Waals surface area (Å²) in [4.78, 5) is 34.2. The number of phenolic OH excluding ortho intramolecular Hbond substituents is 1. The van der Waals surface area contributed by atoms with E-state index in [1.165, 1.54) is 0 Å². The van der Waals surface area contributed by atoms with E-state index in [0.29, 0.717) is 40.5 Å². The number of nitrogens with one attached hydrogen (secondary N) is 1. The molecule has 0 radical (unpaired) electrons. The molecule has 1 saturated heterocycles. The smallest absolute Gasteiger partial charge is 0.345 e. The summed E-state index contributed by atoms with van der Waals surface area (Å²) in [5, 5.41) is 9.79. The topological polar surface area (TPSA) is 112 Å². The number of amides is 1. The highest BCUT2D eigenvalue weighted by Crippen LogP contribution is 2.27. The van der Waals surface area contributed by atoms with Crippen molar-refractivity contribution in [2.75, 3.05) is 13.1 Å². The molecule has 7 heteroatoms. The van der Waals surface area contributed by atoms with Gasteiger partial charge in [-0.05, 0) is 80.1 Å². The van der Waals surface area contributed by atoms with Crippen LogP contribution in [0.1, 0.15) is 35.7 Å². The number of nitrogens with two attached hydrogens (primary N) is 1. The van der Waals surface area contributed by atoms with Crippen molar-refractivity contribution in [3.63, 3.8) is 0 Å². The summed E-state index contributed by atoms with van der Waals surface area (Å²) in [7, 11) is 0. The van der Waals surface area contributed by atoms with E-state index in [2.05, 4.69) is 9.97 Å². The van der Waals surface area contributed by atoms with Crippen LogP contribution in [0, 0.1) is 12.8 Å². The predicted octanol–water partition coefficient (Wildman–Crippen LogP) is 3.32. The lowest BCUT2D eigenvalue weighted by Crippen LogP contribution is -2.45. The minimum atomic E-state index is -0.476. The minimum absolute atomic E-state index is 0.0311. The van der Waals surface area contributed by atoms with Gasteiger partial charge in [0, 0.05) is 30.3 Å². The third kappa shape index (κ3) is 4.57. The number of nitrogens with zero attached hydrogens (tertiary/aromatic N) is 2. The highest BCUT2D eigenvalue weighted by atomic mass is 16.3. The van der Waals surface area contributed by atoms with Crippen LogP contribution in [-0.2, 0) is 0 Å². The maximum Gasteiger partial charge on any atom is 0.345 e. The first-order chi connectivity index (χ1) is 15.3. The van der Waals surface area contributed by atoms with Gasteiger partial charge in [-0.3, -0.25) is 4.79 Å². The lowest BCUT2D eigenvalue weighted by molar-refractivity contribution is 0.0661. The van der Waals surface area contributed by atoms with Gasteiger partial charge in [-0.2, -0.15) is 4.98 Å². The zero-order valence-corrected chi connectivity index (χ0v) is 18.3. The van der Waals surface area contributed by atoms with Crippen LogP contribution < -0.4 is 11.4 Å². The molecule has 4 N–H and O–H groups in total. The first-order valence-electron chi connectivity index (χ1n) is 10.9. The van der Waals surface area contributed by atoms with Crippen molar-refractivity contribution in [2.24, 2.45) is 11.7 Å². The second-order valence-corrected chi connectivity index (χ2v) is 8.58. The molecule has 0 saturated carbocycles. The van der Waals surface area contributed by atoms with Gasteiger partial charge in [0.15, 0.2) is 0 Å². The molecule has 166 valence electrons. The van der Waals surface area contributed by atoms with Crippen molar-refractivity contribution in [1.29, 1.82) is 0 Å². The third-order valence-electron chi connectivity index (χ3n) is 6.15. The molecule has 2 aromatic carbocycles. The lowest BCUT2D eigenvalue weighted by atomic mass is 9.91. The maximum atomic E-state index is 13.1. The summed E-state index contributed by atoms with van der Waals surface area (Å²) in [6.45, 7) is 5.17. The Morgan fingerprint density at radius 1 is 1.22 bits per heavy atom. The molecular weight excluding hydrogens is 404 g/mol. The van der Waals surface area contributed by atoms with Gasteiger partial charge >= 0.3 is 5.69 Å². The van der Waals surface area contributed by atoms with E-state index in [-0.39, 0.29) is 17.7 Å². The van der Waals surface area contributed by atoms with Crippen molar-refractivity contribution in [1.82, 2.24) is 14.9 Å². The number of carbonyl (C=O) groups is 1. The van der Waals surface area contributed by atoms with Crippen LogP contribution >= 0.6 is 0 Å². The first-order valence-corrected chi connectivity index (χ1v) is 10.9. The quantitative estimate of drug-likeness (QED) is 0.585. The van der Waals surface area contributed by atoms with Gasteiger partial charge in [-0.1, -0.05) is 12.1 Å². The number of aromatic hydroxyl groups is 1. The van der Waals surface area contributed by atoms with Crippen molar-refractivity contribution in [3.05, 3.63) is 70.1 Å². The average Bonchev–Trinajstić information content (AvgIpc) is 2.80. The van der Waals surface area contributed by atoms with Gasteiger partial charge < -0.3 is 20.7 Å². The summed E-state index contributed by atoms with van der Waals surface area (Å²) < 4.78 is 0. The second kappa shape index (κ2) is 8.96. The molecule has 1 amide bonds. The monoisotopic (exact) mass is 432 g/mol. The molecule has 0 spiro atoms. The Kier molecular flexibility index (Phi) is 6.10. The molecule has 2 unspecified atom stereocenters. The number of rotatable bonds is 4. The fourth-order valence-corrected chi connectivity index (χ4v) is 4.20. The molecule has 1 aliphatic heterocycles. The Labute approximate surface area is 186 Å². The maximum absolute atomic E-state index is 13.1. The highest BCUT2D eigenvalue weighted by molar-refractivity contribution is 5.95. The normalized spacial score (nSPS) is 17.2. The zero-order valence-electron chi connectivity index (χ0n) is 18.3. The van der Waals surface area contributed by atoms with Gasteiger partial charge in [0.2, 0.25) is 0 Å². The number of piperidine rings is 1. The van der Waals surface area contributed by atoms with Crippen LogP contribution in [0.25, 0.3) is 22.5 Å². The third-order valence-corrected chi connectivity index (χ3v) is 6.15. The van der Waals surface area contributed by atoms with E-state index in [9.17, 15) is 14.7 Å². The Bertz CT molecular complexity index is 1200. The summed E-state index contributed by atoms with van der Waals surface area (Å²) in [5.74, 6) is 0.471. The number of aromatic amines is 1. The molecule has 0 bridgehead atoms. The summed E-state index contributed by atoms with van der Waals surface area (Å²) in [5.41, 5.74) is 9.41. The van der Waals surface area contributed by atoms with E-state index >= 15 is 0 Å². The largest absolute Gasteiger partial charge is 0.508 e. The molecule has 1 aliphatic rings. The van der Waals surface area contributed by atoms with Crippen LogP contribution in [0.2, 0.25) is 0 Å². The van der Waals surface area contributed by atoms with Gasteiger partial charge in [0.1, 0.15) is 5.75 Å². The number of hydrogen-bond acceptors (Lipinski definition) is 5. The van der Waals surface area contributed by atoms with Crippen molar-refractivity contribution < 1.29 is 9.90 Å². The molecule has 2 atom stereocenters. The van der Waals surface area contributed by atoms with Crippen LogP contribution in [0.5, 0.6) is 5.75 Å². The van der Waals surface area contributed by atoms with Crippen molar-refractivity contribution >= 4 is 5.91 Å². The van der Waals surface area contributed by atoms with Crippen LogP contribution in [0.4, 0.5) is 0 Å². The molecule has 1 aromatic heterocycles. The number of benzene rings is 2. The molecule has 0 aliphatic carbocycles. The van der Waals surface area contributed by atoms with E-state index in [0.717, 1.165) is 24.9 Å². The number of likely N-dealkylation sites (tertiary alicyclic amines) is 1. The Hall–Kier alpha value is -3.45. The van der Waals surface area contributed by atoms with Gasteiger partial charge in [-0.15, -0.1) is 0 Å². The van der Waals surface area contributed by atoms with E-state index < -0.39 is 5.69 Å². The molecule has 4 rings (SSSR count). The van der Waals surface area contributed by atoms with Gasteiger partial charge in [-0.25, -0.2) is 4.79 Å². The molecular formula is C25H28N4O3. The van der Waals surface area contributed by atoms with E-state index in [4.69, 9.17) is 5.73 Å². The number of hydrogen-bond donors (Lipinski definition) is 3. The minimum Gasteiger partial charge on any atom is -0.508 e. The van der Waals surface area contributed by atoms with E-state index in [1.807, 2.05) is 24.0 Å². The van der Waals surface area contributed by atoms with Crippen molar-refractivity contribution in [3.8, 4) is 28.3 Å². The van der Waals surface area contributed by atoms with Gasteiger partial charge in [0.25, 0.3) is 5.91 Å². The fraction of sp³-hybridized carbons (Fsp3) is 0.320. The molecule has 32 heavy (non-hydrogen) atoms. The predicted molar refractivity (Wildman–Crippen MR) is 124 cm³/mol. The summed E-state index contributed by atoms with van der Waals surface area (Å²) in [6.07, 6.45) is 1.99. The number of aryl methyl sites for hydroxylation is 1. The Balaban J connectivity index is 1.65. The number of phenols is 1. The van der Waals surface area contributed by atoms with Gasteiger partial charge in [0.05, 0.1) is 11.4 Å². The average molecular weight is 433 g/mol. The lowest BCUT2D eigenvalue weighted by Gasteiger charge is -2.34. The molecule has 7 nitrogen and oxygen atoms in total. The standard InChI is InChI=1S/C25H28N4O3/c1-15-11-18(8-9-23(15)30)22-13-21(27-25(32)28-22)17-5-3-6-19(12-17)24(31)29-10-4-7-20(14-29)16(2)26/h3,5-6,8-9,11-13,16,20,30H,4,7,10,14,26H2,1-2H3,(H,27,28,32).